The van der Waals surface area contributed by atoms with Crippen molar-refractivity contribution in [3.63, 3.8) is 0 Å². The van der Waals surface area contributed by atoms with Gasteiger partial charge in [0.15, 0.2) is 5.54 Å². The molecule has 0 aliphatic carbocycles. The van der Waals surface area contributed by atoms with Crippen LogP contribution in [0.3, 0.4) is 0 Å². The first kappa shape index (κ1) is 35.8. The van der Waals surface area contributed by atoms with E-state index in [0.717, 1.165) is 38.1 Å². The molecule has 1 atom stereocenters. The number of rotatable bonds is 9. The van der Waals surface area contributed by atoms with Crippen LogP contribution in [0.5, 0.6) is 17.4 Å². The molecule has 2 aromatic carbocycles. The maximum absolute atomic E-state index is 15.7. The smallest absolute Gasteiger partial charge is 0.318 e. The van der Waals surface area contributed by atoms with E-state index in [1.165, 1.54) is 50.7 Å². The third-order valence-electron chi connectivity index (χ3n) is 9.78. The predicted octanol–water partition coefficient (Wildman–Crippen LogP) is 2.91. The first-order chi connectivity index (χ1) is 24.5. The van der Waals surface area contributed by atoms with E-state index in [0.29, 0.717) is 42.3 Å². The van der Waals surface area contributed by atoms with Gasteiger partial charge in [-0.05, 0) is 76.3 Å². The number of ether oxygens (including phenoxy) is 3. The molecule has 0 bridgehead atoms. The van der Waals surface area contributed by atoms with Gasteiger partial charge in [0.25, 0.3) is 15.9 Å². The Bertz CT molecular complexity index is 1970. The molecule has 3 aliphatic heterocycles. The van der Waals surface area contributed by atoms with Crippen LogP contribution >= 0.6 is 0 Å². The molecule has 0 radical (unpaired) electrons. The molecule has 3 amide bonds. The third kappa shape index (κ3) is 6.30. The summed E-state index contributed by atoms with van der Waals surface area (Å²) in [5.74, 6) is -2.08. The van der Waals surface area contributed by atoms with Crippen molar-refractivity contribution in [1.82, 2.24) is 25.0 Å². The highest BCUT2D eigenvalue weighted by Crippen LogP contribution is 2.50. The molecular weight excluding hydrogens is 681 g/mol. The summed E-state index contributed by atoms with van der Waals surface area (Å²) in [6.45, 7) is 5.69. The van der Waals surface area contributed by atoms with Gasteiger partial charge in [0.1, 0.15) is 28.3 Å². The van der Waals surface area contributed by atoms with Crippen LogP contribution in [0.25, 0.3) is 0 Å². The lowest BCUT2D eigenvalue weighted by Crippen LogP contribution is -2.61. The van der Waals surface area contributed by atoms with Gasteiger partial charge in [0.05, 0.1) is 37.6 Å². The summed E-state index contributed by atoms with van der Waals surface area (Å²) in [4.78, 5) is 39.6. The molecule has 2 saturated heterocycles. The monoisotopic (exact) mass is 721 g/mol. The predicted molar refractivity (Wildman–Crippen MR) is 184 cm³/mol. The van der Waals surface area contributed by atoms with Crippen LogP contribution in [-0.4, -0.2) is 113 Å². The quantitative estimate of drug-likeness (QED) is 0.347. The Kier molecular flexibility index (Phi) is 10.1. The zero-order valence-corrected chi connectivity index (χ0v) is 29.7. The molecule has 3 aromatic rings. The Labute approximate surface area is 296 Å². The minimum absolute atomic E-state index is 0.0140. The Balaban J connectivity index is 1.47. The van der Waals surface area contributed by atoms with Gasteiger partial charge in [-0.2, -0.15) is 9.57 Å². The van der Waals surface area contributed by atoms with Crippen molar-refractivity contribution < 1.29 is 36.6 Å². The number of halogens is 1. The number of urea groups is 1. The van der Waals surface area contributed by atoms with Crippen molar-refractivity contribution >= 4 is 27.6 Å². The molecule has 16 heteroatoms. The summed E-state index contributed by atoms with van der Waals surface area (Å²) in [6, 6.07) is 10.3. The number of nitriles is 1. The van der Waals surface area contributed by atoms with E-state index in [1.807, 2.05) is 0 Å². The summed E-state index contributed by atoms with van der Waals surface area (Å²) in [7, 11) is -0.0991. The van der Waals surface area contributed by atoms with Crippen LogP contribution < -0.4 is 23.8 Å². The van der Waals surface area contributed by atoms with Gasteiger partial charge in [-0.3, -0.25) is 9.69 Å². The average molecular weight is 722 g/mol. The minimum Gasteiger partial charge on any atom is -0.497 e. The molecule has 0 spiro atoms. The number of amides is 3. The number of fused-ring (bicyclic) bond motifs is 1. The third-order valence-corrected chi connectivity index (χ3v) is 11.5. The number of carbonyl (C=O) groups excluding carboxylic acids is 2. The fourth-order valence-electron chi connectivity index (χ4n) is 7.08. The summed E-state index contributed by atoms with van der Waals surface area (Å²) in [5, 5.41) is 12.6. The Morgan fingerprint density at radius 3 is 2.43 bits per heavy atom. The maximum atomic E-state index is 15.7. The fourth-order valence-corrected chi connectivity index (χ4v) is 8.68. The number of nitrogens with zero attached hydrogens (tertiary/aromatic N) is 6. The van der Waals surface area contributed by atoms with Crippen LogP contribution in [0.2, 0.25) is 0 Å². The van der Waals surface area contributed by atoms with Crippen LogP contribution in [0.1, 0.15) is 36.5 Å². The summed E-state index contributed by atoms with van der Waals surface area (Å²) < 4.78 is 61.8. The van der Waals surface area contributed by atoms with Crippen molar-refractivity contribution in [1.29, 1.82) is 5.26 Å². The molecule has 0 saturated carbocycles. The SMILES string of the molecule is CCOc1ncccc1C1(NC(=O)N2CCN(C3CCN(C)CC3)CC2)C(=O)N(S(=O)(=O)c2ccc(OC)cc2OC)c2cc(C#N)c(F)cc21. The van der Waals surface area contributed by atoms with E-state index in [2.05, 4.69) is 27.1 Å². The Morgan fingerprint density at radius 2 is 1.78 bits per heavy atom. The lowest BCUT2D eigenvalue weighted by atomic mass is 9.83. The van der Waals surface area contributed by atoms with Crippen molar-refractivity contribution in [3.05, 3.63) is 71.2 Å². The van der Waals surface area contributed by atoms with Crippen LogP contribution in [-0.2, 0) is 20.4 Å². The second kappa shape index (κ2) is 14.3. The van der Waals surface area contributed by atoms with Crippen molar-refractivity contribution in [3.8, 4) is 23.4 Å². The van der Waals surface area contributed by atoms with Gasteiger partial charge in [0, 0.05) is 50.0 Å². The Morgan fingerprint density at radius 1 is 1.06 bits per heavy atom. The van der Waals surface area contributed by atoms with E-state index in [4.69, 9.17) is 14.2 Å². The molecule has 270 valence electrons. The summed E-state index contributed by atoms with van der Waals surface area (Å²) >= 11 is 0. The normalized spacial score (nSPS) is 20.1. The number of hydrogen-bond acceptors (Lipinski definition) is 11. The largest absolute Gasteiger partial charge is 0.497 e. The number of piperazine rings is 1. The first-order valence-electron chi connectivity index (χ1n) is 16.6. The number of piperidine rings is 1. The highest BCUT2D eigenvalue weighted by molar-refractivity contribution is 7.93. The van der Waals surface area contributed by atoms with Crippen LogP contribution in [0.4, 0.5) is 14.9 Å². The van der Waals surface area contributed by atoms with Gasteiger partial charge in [-0.25, -0.2) is 22.6 Å². The fraction of sp³-hybridized carbons (Fsp3) is 0.429. The maximum Gasteiger partial charge on any atom is 0.318 e. The second-order valence-corrected chi connectivity index (χ2v) is 14.3. The minimum atomic E-state index is -4.86. The number of carbonyl (C=O) groups is 2. The van der Waals surface area contributed by atoms with E-state index in [1.54, 1.807) is 17.9 Å². The molecule has 1 N–H and O–H groups in total. The van der Waals surface area contributed by atoms with Gasteiger partial charge >= 0.3 is 6.03 Å². The average Bonchev–Trinajstić information content (AvgIpc) is 3.38. The molecule has 4 heterocycles. The lowest BCUT2D eigenvalue weighted by Gasteiger charge is -2.43. The number of aromatic nitrogens is 1. The van der Waals surface area contributed by atoms with E-state index >= 15 is 9.18 Å². The van der Waals surface area contributed by atoms with Crippen molar-refractivity contribution in [2.24, 2.45) is 0 Å². The number of hydrogen-bond donors (Lipinski definition) is 1. The number of pyridine rings is 1. The molecule has 14 nitrogen and oxygen atoms in total. The van der Waals surface area contributed by atoms with E-state index in [9.17, 15) is 18.5 Å². The van der Waals surface area contributed by atoms with Crippen molar-refractivity contribution in [2.45, 2.75) is 36.2 Å². The van der Waals surface area contributed by atoms with E-state index in [-0.39, 0.29) is 35.1 Å². The zero-order valence-electron chi connectivity index (χ0n) is 28.9. The number of benzene rings is 2. The number of likely N-dealkylation sites (tertiary alicyclic amines) is 1. The van der Waals surface area contributed by atoms with Crippen LogP contribution in [0.15, 0.2) is 53.6 Å². The first-order valence-corrected chi connectivity index (χ1v) is 18.1. The molecule has 2 fully saturated rings. The number of sulfonamides is 1. The molecular formula is C35H40FN7O7S. The Hall–Kier alpha value is -4.98. The highest BCUT2D eigenvalue weighted by Gasteiger charge is 2.59. The van der Waals surface area contributed by atoms with Crippen LogP contribution in [0, 0.1) is 17.1 Å². The molecule has 51 heavy (non-hydrogen) atoms. The number of nitrogens with one attached hydrogen (secondary N) is 1. The zero-order chi connectivity index (χ0) is 36.5. The van der Waals surface area contributed by atoms with Gasteiger partial charge in [0.2, 0.25) is 5.88 Å². The second-order valence-electron chi connectivity index (χ2n) is 12.6. The van der Waals surface area contributed by atoms with Gasteiger partial charge in [-0.15, -0.1) is 0 Å². The molecule has 1 unspecified atom stereocenters. The lowest BCUT2D eigenvalue weighted by molar-refractivity contribution is -0.121. The number of anilines is 1. The summed E-state index contributed by atoms with van der Waals surface area (Å²) in [5.41, 5.74) is -3.41. The highest BCUT2D eigenvalue weighted by atomic mass is 32.2. The van der Waals surface area contributed by atoms with Gasteiger partial charge < -0.3 is 29.3 Å². The summed E-state index contributed by atoms with van der Waals surface area (Å²) in [6.07, 6.45) is 3.47. The molecule has 6 rings (SSSR count). The van der Waals surface area contributed by atoms with E-state index < -0.39 is 43.8 Å². The molecule has 1 aromatic heterocycles. The number of methoxy groups -OCH3 is 2. The van der Waals surface area contributed by atoms with Gasteiger partial charge in [-0.1, -0.05) is 0 Å². The standard InChI is InChI=1S/C35H40FN7O7S/c1-5-50-32-26(7-6-12-38-32)35(39-34(45)42-17-15-41(16-18-42)24-10-13-40(2)14-11-24)27-21-28(36)23(22-37)19-29(27)43(33(35)44)51(46,47)31-9-8-25(48-3)20-30(31)49-4/h6-9,12,19-21,24H,5,10-11,13-18H2,1-4H3,(H,39,45). The topological polar surface area (TPSA) is 158 Å². The van der Waals surface area contributed by atoms with Crippen molar-refractivity contribution in [2.75, 3.05) is 71.4 Å². The molecule has 3 aliphatic rings.